The van der Waals surface area contributed by atoms with E-state index in [0.717, 1.165) is 16.4 Å². The van der Waals surface area contributed by atoms with Crippen molar-refractivity contribution in [2.24, 2.45) is 0 Å². The average molecular weight is 248 g/mol. The number of rotatable bonds is 1. The van der Waals surface area contributed by atoms with Gasteiger partial charge in [-0.2, -0.15) is 0 Å². The molecule has 2 heterocycles. The Labute approximate surface area is 106 Å². The van der Waals surface area contributed by atoms with E-state index < -0.39 is 0 Å². The summed E-state index contributed by atoms with van der Waals surface area (Å²) in [5.74, 6) is 1.78. The summed E-state index contributed by atoms with van der Waals surface area (Å²) in [6.07, 6.45) is 0. The van der Waals surface area contributed by atoms with Crippen LogP contribution in [0.25, 0.3) is 10.4 Å². The summed E-state index contributed by atoms with van der Waals surface area (Å²) in [4.78, 5) is 1.16. The summed E-state index contributed by atoms with van der Waals surface area (Å²) < 4.78 is 11.1. The van der Waals surface area contributed by atoms with Crippen LogP contribution in [0.3, 0.4) is 0 Å². The minimum Gasteiger partial charge on any atom is -0.485 e. The average Bonchev–Trinajstić information content (AvgIpc) is 2.86. The highest BCUT2D eigenvalue weighted by atomic mass is 32.1. The number of ether oxygens (including phenoxy) is 2. The Hall–Kier alpha value is -1.48. The first-order chi connectivity index (χ1) is 8.45. The van der Waals surface area contributed by atoms with Crippen molar-refractivity contribution in [1.29, 1.82) is 0 Å². The molecule has 0 radical (unpaired) electrons. The molecule has 3 rings (SSSR count). The Morgan fingerprint density at radius 1 is 1.00 bits per heavy atom. The molecule has 0 saturated heterocycles. The Morgan fingerprint density at radius 3 is 2.47 bits per heavy atom. The summed E-state index contributed by atoms with van der Waals surface area (Å²) >= 11 is 1.67. The molecule has 1 aromatic heterocycles. The van der Waals surface area contributed by atoms with Gasteiger partial charge in [0.05, 0.1) is 4.88 Å². The van der Waals surface area contributed by atoms with Crippen molar-refractivity contribution < 1.29 is 9.47 Å². The molecule has 0 unspecified atom stereocenters. The monoisotopic (exact) mass is 248 g/mol. The minimum atomic E-state index is 0.642. The third-order valence-electron chi connectivity index (χ3n) is 2.34. The molecule has 17 heavy (non-hydrogen) atoms. The Morgan fingerprint density at radius 2 is 1.71 bits per heavy atom. The largest absolute Gasteiger partial charge is 0.485 e. The zero-order valence-corrected chi connectivity index (χ0v) is 10.9. The van der Waals surface area contributed by atoms with Crippen LogP contribution in [0.2, 0.25) is 0 Å². The van der Waals surface area contributed by atoms with E-state index in [1.54, 1.807) is 11.3 Å². The van der Waals surface area contributed by atoms with E-state index in [2.05, 4.69) is 12.1 Å². The van der Waals surface area contributed by atoms with Crippen molar-refractivity contribution in [2.45, 2.75) is 13.8 Å². The molecule has 0 bridgehead atoms. The van der Waals surface area contributed by atoms with E-state index in [0.29, 0.717) is 13.2 Å². The van der Waals surface area contributed by atoms with Crippen LogP contribution in [0, 0.1) is 0 Å². The maximum atomic E-state index is 5.63. The Balaban J connectivity index is 0.000000514. The molecule has 0 amide bonds. The quantitative estimate of drug-likeness (QED) is 0.752. The molecular formula is C14H16O2S. The number of benzene rings is 1. The molecule has 0 atom stereocenters. The van der Waals surface area contributed by atoms with Crippen LogP contribution >= 0.6 is 11.3 Å². The smallest absolute Gasteiger partial charge is 0.179 e. The second-order valence-corrected chi connectivity index (χ2v) is 4.20. The van der Waals surface area contributed by atoms with Crippen molar-refractivity contribution in [3.63, 3.8) is 0 Å². The molecule has 2 nitrogen and oxygen atoms in total. The van der Waals surface area contributed by atoms with Crippen LogP contribution in [-0.4, -0.2) is 13.2 Å². The molecule has 0 fully saturated rings. The molecule has 1 aliphatic rings. The normalized spacial score (nSPS) is 12.6. The van der Waals surface area contributed by atoms with E-state index in [1.807, 2.05) is 37.4 Å². The molecule has 0 N–H and O–H groups in total. The fraction of sp³-hybridized carbons (Fsp3) is 0.286. The van der Waals surface area contributed by atoms with Crippen molar-refractivity contribution in [1.82, 2.24) is 0 Å². The van der Waals surface area contributed by atoms with Crippen molar-refractivity contribution in [2.75, 3.05) is 13.2 Å². The topological polar surface area (TPSA) is 18.5 Å². The zero-order valence-electron chi connectivity index (χ0n) is 10.1. The molecule has 0 saturated carbocycles. The van der Waals surface area contributed by atoms with E-state index in [9.17, 15) is 0 Å². The van der Waals surface area contributed by atoms with E-state index in [-0.39, 0.29) is 0 Å². The summed E-state index contributed by atoms with van der Waals surface area (Å²) in [5, 5.41) is 2.01. The fourth-order valence-electron chi connectivity index (χ4n) is 1.65. The summed E-state index contributed by atoms with van der Waals surface area (Å²) in [6, 6.07) is 10.3. The van der Waals surface area contributed by atoms with Crippen LogP contribution in [0.5, 0.6) is 11.5 Å². The van der Waals surface area contributed by atoms with E-state index in [4.69, 9.17) is 9.47 Å². The minimum absolute atomic E-state index is 0.642. The first-order valence-electron chi connectivity index (χ1n) is 5.87. The summed E-state index contributed by atoms with van der Waals surface area (Å²) in [7, 11) is 0. The molecule has 3 heteroatoms. The number of thiophene rings is 1. The second kappa shape index (κ2) is 5.73. The first-order valence-corrected chi connectivity index (χ1v) is 6.75. The second-order valence-electron chi connectivity index (χ2n) is 3.32. The van der Waals surface area contributed by atoms with Gasteiger partial charge in [-0.25, -0.2) is 0 Å². The highest BCUT2D eigenvalue weighted by Gasteiger charge is 2.19. The van der Waals surface area contributed by atoms with Gasteiger partial charge in [-0.05, 0) is 5.56 Å². The maximum absolute atomic E-state index is 5.63. The van der Waals surface area contributed by atoms with Crippen LogP contribution in [0.4, 0.5) is 0 Å². The van der Waals surface area contributed by atoms with Gasteiger partial charge in [0.1, 0.15) is 13.2 Å². The van der Waals surface area contributed by atoms with Crippen LogP contribution in [-0.2, 0) is 0 Å². The lowest BCUT2D eigenvalue weighted by atomic mass is 10.2. The van der Waals surface area contributed by atoms with Gasteiger partial charge in [-0.15, -0.1) is 11.3 Å². The van der Waals surface area contributed by atoms with Gasteiger partial charge >= 0.3 is 0 Å². The first kappa shape index (κ1) is 12.0. The molecular weight excluding hydrogens is 232 g/mol. The lowest BCUT2D eigenvalue weighted by Gasteiger charge is -2.15. The van der Waals surface area contributed by atoms with Gasteiger partial charge in [0, 0.05) is 5.38 Å². The van der Waals surface area contributed by atoms with Crippen molar-refractivity contribution in [3.05, 3.63) is 35.7 Å². The Bertz CT molecular complexity index is 462. The van der Waals surface area contributed by atoms with E-state index >= 15 is 0 Å². The highest BCUT2D eigenvalue weighted by molar-refractivity contribution is 7.14. The summed E-state index contributed by atoms with van der Waals surface area (Å²) in [5.41, 5.74) is 1.19. The van der Waals surface area contributed by atoms with Crippen molar-refractivity contribution in [3.8, 4) is 21.9 Å². The highest BCUT2D eigenvalue weighted by Crippen LogP contribution is 2.45. The van der Waals surface area contributed by atoms with Crippen LogP contribution < -0.4 is 9.47 Å². The molecule has 0 aliphatic carbocycles. The van der Waals surface area contributed by atoms with Gasteiger partial charge in [0.15, 0.2) is 11.5 Å². The van der Waals surface area contributed by atoms with Gasteiger partial charge in [-0.3, -0.25) is 0 Å². The molecule has 2 aromatic rings. The maximum Gasteiger partial charge on any atom is 0.179 e. The van der Waals surface area contributed by atoms with Gasteiger partial charge in [0.25, 0.3) is 0 Å². The summed E-state index contributed by atoms with van der Waals surface area (Å²) in [6.45, 7) is 5.29. The Kier molecular flexibility index (Phi) is 4.04. The zero-order chi connectivity index (χ0) is 12.1. The molecule has 1 aliphatic heterocycles. The third kappa shape index (κ3) is 2.44. The van der Waals surface area contributed by atoms with Gasteiger partial charge in [0.2, 0.25) is 0 Å². The predicted molar refractivity (Wildman–Crippen MR) is 72.1 cm³/mol. The van der Waals surface area contributed by atoms with E-state index in [1.165, 1.54) is 5.56 Å². The standard InChI is InChI=1S/C12H10O2S.C2H6/c1-2-4-9(5-3-1)12-11-10(8-15-12)13-6-7-14-11;1-2/h1-5,8H,6-7H2;1-2H3. The molecule has 1 aromatic carbocycles. The fourth-order valence-corrected chi connectivity index (χ4v) is 2.59. The van der Waals surface area contributed by atoms with Gasteiger partial charge in [-0.1, -0.05) is 44.2 Å². The predicted octanol–water partition coefficient (Wildman–Crippen LogP) is 4.21. The SMILES string of the molecule is CC.c1ccc(-c2scc3c2OCCO3)cc1. The number of hydrogen-bond acceptors (Lipinski definition) is 3. The lowest BCUT2D eigenvalue weighted by molar-refractivity contribution is 0.174. The third-order valence-corrected chi connectivity index (χ3v) is 3.33. The number of fused-ring (bicyclic) bond motifs is 1. The lowest BCUT2D eigenvalue weighted by Crippen LogP contribution is -2.14. The van der Waals surface area contributed by atoms with Crippen LogP contribution in [0.1, 0.15) is 13.8 Å². The molecule has 0 spiro atoms. The number of hydrogen-bond donors (Lipinski definition) is 0. The molecule has 90 valence electrons. The van der Waals surface area contributed by atoms with Crippen LogP contribution in [0.15, 0.2) is 35.7 Å². The van der Waals surface area contributed by atoms with Crippen molar-refractivity contribution >= 4 is 11.3 Å². The van der Waals surface area contributed by atoms with Gasteiger partial charge < -0.3 is 9.47 Å².